The first kappa shape index (κ1) is 21.4. The van der Waals surface area contributed by atoms with E-state index in [1.54, 1.807) is 0 Å². The Morgan fingerprint density at radius 3 is 2.28 bits per heavy atom. The number of aryl methyl sites for hydroxylation is 2. The van der Waals surface area contributed by atoms with E-state index in [0.29, 0.717) is 0 Å². The number of hydrogen-bond acceptors (Lipinski definition) is 3. The second-order valence-corrected chi connectivity index (χ2v) is 8.01. The third-order valence-electron chi connectivity index (χ3n) is 5.97. The number of nitrogens with zero attached hydrogens (tertiary/aromatic N) is 4. The minimum atomic E-state index is 0.723. The molecule has 6 nitrogen and oxygen atoms in total. The van der Waals surface area contributed by atoms with Crippen molar-refractivity contribution in [3.05, 3.63) is 52.3 Å². The fourth-order valence-corrected chi connectivity index (χ4v) is 4.06. The molecular weight excluding hydrogens is 360 g/mol. The SMILES string of the molecule is CN=C(NCc1ccccc1CN1CCCCCC1)NCc1c(C)nn(C)c1C. The predicted molar refractivity (Wildman–Crippen MR) is 120 cm³/mol. The molecule has 1 aliphatic rings. The fraction of sp³-hybridized carbons (Fsp3) is 0.565. The summed E-state index contributed by atoms with van der Waals surface area (Å²) in [6, 6.07) is 8.77. The van der Waals surface area contributed by atoms with Crippen LogP contribution in [-0.2, 0) is 26.7 Å². The van der Waals surface area contributed by atoms with Crippen LogP contribution in [0.15, 0.2) is 29.3 Å². The number of benzene rings is 1. The number of aliphatic imine (C=N–C) groups is 1. The lowest BCUT2D eigenvalue weighted by Crippen LogP contribution is -2.37. The average Bonchev–Trinajstić information content (AvgIpc) is 2.89. The van der Waals surface area contributed by atoms with E-state index in [1.807, 2.05) is 18.8 Å². The molecule has 158 valence electrons. The largest absolute Gasteiger partial charge is 0.352 e. The summed E-state index contributed by atoms with van der Waals surface area (Å²) in [5.74, 6) is 0.817. The van der Waals surface area contributed by atoms with Crippen LogP contribution in [0, 0.1) is 13.8 Å². The molecule has 2 heterocycles. The van der Waals surface area contributed by atoms with Gasteiger partial charge in [-0.15, -0.1) is 0 Å². The molecule has 2 aromatic rings. The molecule has 0 radical (unpaired) electrons. The number of likely N-dealkylation sites (tertiary alicyclic amines) is 1. The van der Waals surface area contributed by atoms with Gasteiger partial charge in [0.2, 0.25) is 0 Å². The van der Waals surface area contributed by atoms with Crippen molar-refractivity contribution in [1.82, 2.24) is 25.3 Å². The Bertz CT molecular complexity index is 815. The average molecular weight is 397 g/mol. The zero-order valence-electron chi connectivity index (χ0n) is 18.5. The van der Waals surface area contributed by atoms with Gasteiger partial charge in [0.15, 0.2) is 5.96 Å². The Morgan fingerprint density at radius 1 is 1.00 bits per heavy atom. The van der Waals surface area contributed by atoms with E-state index >= 15 is 0 Å². The summed E-state index contributed by atoms with van der Waals surface area (Å²) in [4.78, 5) is 7.00. The fourth-order valence-electron chi connectivity index (χ4n) is 4.06. The Kier molecular flexibility index (Phi) is 7.69. The standard InChI is InChI=1S/C23H36N6/c1-18-22(19(2)28(4)27-18)16-26-23(24-3)25-15-20-11-7-8-12-21(20)17-29-13-9-5-6-10-14-29/h7-8,11-12H,5-6,9-10,13-17H2,1-4H3,(H2,24,25,26). The third-order valence-corrected chi connectivity index (χ3v) is 5.97. The molecule has 0 unspecified atom stereocenters. The maximum atomic E-state index is 4.49. The van der Waals surface area contributed by atoms with Gasteiger partial charge in [0.25, 0.3) is 0 Å². The van der Waals surface area contributed by atoms with Gasteiger partial charge in [0.1, 0.15) is 0 Å². The number of aromatic nitrogens is 2. The highest BCUT2D eigenvalue weighted by atomic mass is 15.3. The molecule has 1 fully saturated rings. The molecular formula is C23H36N6. The number of rotatable bonds is 6. The first-order valence-electron chi connectivity index (χ1n) is 10.8. The number of guanidine groups is 1. The van der Waals surface area contributed by atoms with Crippen LogP contribution >= 0.6 is 0 Å². The van der Waals surface area contributed by atoms with Crippen LogP contribution in [0.1, 0.15) is 53.8 Å². The van der Waals surface area contributed by atoms with Crippen molar-refractivity contribution in [2.24, 2.45) is 12.0 Å². The Balaban J connectivity index is 1.58. The first-order valence-corrected chi connectivity index (χ1v) is 10.8. The van der Waals surface area contributed by atoms with Gasteiger partial charge >= 0.3 is 0 Å². The summed E-state index contributed by atoms with van der Waals surface area (Å²) in [7, 11) is 3.81. The summed E-state index contributed by atoms with van der Waals surface area (Å²) in [5.41, 5.74) is 6.24. The summed E-state index contributed by atoms with van der Waals surface area (Å²) in [6.45, 7) is 9.13. The van der Waals surface area contributed by atoms with Gasteiger partial charge in [0, 0.05) is 45.0 Å². The van der Waals surface area contributed by atoms with Gasteiger partial charge in [-0.05, 0) is 50.9 Å². The molecule has 2 N–H and O–H groups in total. The molecule has 1 aromatic carbocycles. The Labute approximate surface area is 175 Å². The zero-order valence-corrected chi connectivity index (χ0v) is 18.5. The molecule has 3 rings (SSSR count). The van der Waals surface area contributed by atoms with Crippen LogP contribution in [0.2, 0.25) is 0 Å². The van der Waals surface area contributed by atoms with Gasteiger partial charge in [-0.2, -0.15) is 5.10 Å². The van der Waals surface area contributed by atoms with E-state index in [0.717, 1.165) is 31.3 Å². The summed E-state index contributed by atoms with van der Waals surface area (Å²) >= 11 is 0. The van der Waals surface area contributed by atoms with Crippen molar-refractivity contribution in [2.75, 3.05) is 20.1 Å². The highest BCUT2D eigenvalue weighted by molar-refractivity contribution is 5.79. The van der Waals surface area contributed by atoms with Crippen molar-refractivity contribution in [3.8, 4) is 0 Å². The molecule has 0 atom stereocenters. The van der Waals surface area contributed by atoms with Gasteiger partial charge in [-0.3, -0.25) is 14.6 Å². The van der Waals surface area contributed by atoms with Gasteiger partial charge in [-0.1, -0.05) is 37.1 Å². The Hall–Kier alpha value is -2.34. The van der Waals surface area contributed by atoms with Crippen LogP contribution in [0.4, 0.5) is 0 Å². The van der Waals surface area contributed by atoms with Crippen LogP contribution in [-0.4, -0.2) is 40.8 Å². The van der Waals surface area contributed by atoms with E-state index in [4.69, 9.17) is 0 Å². The Morgan fingerprint density at radius 2 is 1.66 bits per heavy atom. The second-order valence-electron chi connectivity index (χ2n) is 8.01. The third kappa shape index (κ3) is 5.82. The highest BCUT2D eigenvalue weighted by Gasteiger charge is 2.13. The van der Waals surface area contributed by atoms with Crippen LogP contribution in [0.3, 0.4) is 0 Å². The zero-order chi connectivity index (χ0) is 20.6. The first-order chi connectivity index (χ1) is 14.1. The molecule has 29 heavy (non-hydrogen) atoms. The normalized spacial score (nSPS) is 15.9. The summed E-state index contributed by atoms with van der Waals surface area (Å²) < 4.78 is 1.93. The molecule has 1 saturated heterocycles. The molecule has 0 aliphatic carbocycles. The molecule has 0 bridgehead atoms. The molecule has 1 aliphatic heterocycles. The maximum Gasteiger partial charge on any atom is 0.191 e. The maximum absolute atomic E-state index is 4.49. The lowest BCUT2D eigenvalue weighted by molar-refractivity contribution is 0.276. The predicted octanol–water partition coefficient (Wildman–Crippen LogP) is 3.28. The topological polar surface area (TPSA) is 57.5 Å². The summed E-state index contributed by atoms with van der Waals surface area (Å²) in [6.07, 6.45) is 5.39. The number of hydrogen-bond donors (Lipinski definition) is 2. The molecule has 1 aromatic heterocycles. The minimum absolute atomic E-state index is 0.723. The van der Waals surface area contributed by atoms with Crippen molar-refractivity contribution in [3.63, 3.8) is 0 Å². The van der Waals surface area contributed by atoms with Crippen molar-refractivity contribution < 1.29 is 0 Å². The van der Waals surface area contributed by atoms with E-state index in [-0.39, 0.29) is 0 Å². The van der Waals surface area contributed by atoms with E-state index in [2.05, 4.69) is 63.7 Å². The lowest BCUT2D eigenvalue weighted by Gasteiger charge is -2.22. The van der Waals surface area contributed by atoms with E-state index in [9.17, 15) is 0 Å². The second kappa shape index (κ2) is 10.4. The number of nitrogens with one attached hydrogen (secondary N) is 2. The minimum Gasteiger partial charge on any atom is -0.352 e. The van der Waals surface area contributed by atoms with E-state index < -0.39 is 0 Å². The molecule has 0 saturated carbocycles. The smallest absolute Gasteiger partial charge is 0.191 e. The highest BCUT2D eigenvalue weighted by Crippen LogP contribution is 2.16. The van der Waals surface area contributed by atoms with Crippen molar-refractivity contribution in [2.45, 2.75) is 59.2 Å². The van der Waals surface area contributed by atoms with Crippen LogP contribution in [0.25, 0.3) is 0 Å². The summed E-state index contributed by atoms with van der Waals surface area (Å²) in [5, 5.41) is 11.4. The quantitative estimate of drug-likeness (QED) is 0.581. The van der Waals surface area contributed by atoms with Gasteiger partial charge in [-0.25, -0.2) is 0 Å². The van der Waals surface area contributed by atoms with Crippen molar-refractivity contribution in [1.29, 1.82) is 0 Å². The van der Waals surface area contributed by atoms with Gasteiger partial charge in [0.05, 0.1) is 5.69 Å². The molecule has 0 amide bonds. The van der Waals surface area contributed by atoms with Crippen molar-refractivity contribution >= 4 is 5.96 Å². The van der Waals surface area contributed by atoms with E-state index in [1.165, 1.54) is 61.2 Å². The monoisotopic (exact) mass is 396 g/mol. The molecule has 0 spiro atoms. The lowest BCUT2D eigenvalue weighted by atomic mass is 10.1. The van der Waals surface area contributed by atoms with Gasteiger partial charge < -0.3 is 10.6 Å². The van der Waals surface area contributed by atoms with Crippen LogP contribution in [0.5, 0.6) is 0 Å². The molecule has 6 heteroatoms. The van der Waals surface area contributed by atoms with Crippen LogP contribution < -0.4 is 10.6 Å².